The van der Waals surface area contributed by atoms with Gasteiger partial charge in [-0.05, 0) is 42.0 Å². The zero-order valence-electron chi connectivity index (χ0n) is 12.1. The minimum absolute atomic E-state index is 0.252. The SMILES string of the molecule is COc1ccc(/C=N/N=C/c2cc(F)c(OC)c(F)c2)cc1. The van der Waals surface area contributed by atoms with Crippen LogP contribution in [0.3, 0.4) is 0 Å². The molecule has 0 amide bonds. The predicted molar refractivity (Wildman–Crippen MR) is 81.1 cm³/mol. The van der Waals surface area contributed by atoms with E-state index in [0.29, 0.717) is 0 Å². The van der Waals surface area contributed by atoms with Crippen molar-refractivity contribution in [1.82, 2.24) is 0 Å². The molecule has 4 nitrogen and oxygen atoms in total. The quantitative estimate of drug-likeness (QED) is 0.627. The van der Waals surface area contributed by atoms with Crippen LogP contribution in [0.15, 0.2) is 46.6 Å². The van der Waals surface area contributed by atoms with Crippen LogP contribution in [0.25, 0.3) is 0 Å². The lowest BCUT2D eigenvalue weighted by molar-refractivity contribution is 0.360. The molecule has 0 aliphatic heterocycles. The van der Waals surface area contributed by atoms with Gasteiger partial charge in [0.2, 0.25) is 0 Å². The molecule has 2 aromatic carbocycles. The number of halogens is 2. The Morgan fingerprint density at radius 2 is 1.36 bits per heavy atom. The van der Waals surface area contributed by atoms with Gasteiger partial charge in [0.1, 0.15) is 5.75 Å². The van der Waals surface area contributed by atoms with Gasteiger partial charge in [0.25, 0.3) is 0 Å². The maximum atomic E-state index is 13.5. The van der Waals surface area contributed by atoms with E-state index in [1.165, 1.54) is 19.5 Å². The minimum Gasteiger partial charge on any atom is -0.497 e. The summed E-state index contributed by atoms with van der Waals surface area (Å²) in [5, 5.41) is 7.58. The second kappa shape index (κ2) is 7.31. The number of nitrogens with zero attached hydrogens (tertiary/aromatic N) is 2. The van der Waals surface area contributed by atoms with E-state index in [2.05, 4.69) is 14.9 Å². The van der Waals surface area contributed by atoms with Crippen molar-refractivity contribution in [2.24, 2.45) is 10.2 Å². The number of methoxy groups -OCH3 is 2. The highest BCUT2D eigenvalue weighted by molar-refractivity contribution is 5.83. The summed E-state index contributed by atoms with van der Waals surface area (Å²) in [4.78, 5) is 0. The summed E-state index contributed by atoms with van der Waals surface area (Å²) >= 11 is 0. The van der Waals surface area contributed by atoms with Crippen molar-refractivity contribution in [3.05, 3.63) is 59.2 Å². The Morgan fingerprint density at radius 1 is 0.818 bits per heavy atom. The smallest absolute Gasteiger partial charge is 0.190 e. The van der Waals surface area contributed by atoms with Gasteiger partial charge in [0.05, 0.1) is 26.6 Å². The molecule has 22 heavy (non-hydrogen) atoms. The zero-order chi connectivity index (χ0) is 15.9. The summed E-state index contributed by atoms with van der Waals surface area (Å²) in [7, 11) is 2.79. The van der Waals surface area contributed by atoms with Crippen molar-refractivity contribution in [3.8, 4) is 11.5 Å². The Balaban J connectivity index is 2.07. The number of benzene rings is 2. The Kier molecular flexibility index (Phi) is 5.19. The molecule has 0 saturated heterocycles. The lowest BCUT2D eigenvalue weighted by Gasteiger charge is -2.03. The van der Waals surface area contributed by atoms with Gasteiger partial charge in [-0.2, -0.15) is 10.2 Å². The van der Waals surface area contributed by atoms with Crippen LogP contribution in [0.5, 0.6) is 11.5 Å². The summed E-state index contributed by atoms with van der Waals surface area (Å²) in [6.07, 6.45) is 2.78. The van der Waals surface area contributed by atoms with Crippen LogP contribution in [-0.4, -0.2) is 26.6 Å². The lowest BCUT2D eigenvalue weighted by atomic mass is 10.2. The van der Waals surface area contributed by atoms with Crippen LogP contribution in [0, 0.1) is 11.6 Å². The molecule has 0 aliphatic rings. The summed E-state index contributed by atoms with van der Waals surface area (Å²) in [6, 6.07) is 9.44. The van der Waals surface area contributed by atoms with Gasteiger partial charge in [-0.25, -0.2) is 8.78 Å². The first-order chi connectivity index (χ1) is 10.6. The first kappa shape index (κ1) is 15.6. The highest BCUT2D eigenvalue weighted by Gasteiger charge is 2.10. The fourth-order valence-electron chi connectivity index (χ4n) is 1.74. The van der Waals surface area contributed by atoms with Crippen molar-refractivity contribution >= 4 is 12.4 Å². The summed E-state index contributed by atoms with van der Waals surface area (Å²) in [6.45, 7) is 0. The standard InChI is InChI=1S/C16H14F2N2O2/c1-21-13-5-3-11(4-6-13)9-19-20-10-12-7-14(17)16(22-2)15(18)8-12/h3-10H,1-2H3/b19-9+,20-10+. The van der Waals surface area contributed by atoms with E-state index in [9.17, 15) is 8.78 Å². The van der Waals surface area contributed by atoms with Crippen molar-refractivity contribution in [2.75, 3.05) is 14.2 Å². The molecule has 0 aliphatic carbocycles. The average Bonchev–Trinajstić information content (AvgIpc) is 2.52. The Morgan fingerprint density at radius 3 is 1.86 bits per heavy atom. The maximum Gasteiger partial charge on any atom is 0.190 e. The van der Waals surface area contributed by atoms with Gasteiger partial charge in [-0.15, -0.1) is 0 Å². The molecule has 2 rings (SSSR count). The molecule has 0 unspecified atom stereocenters. The van der Waals surface area contributed by atoms with Gasteiger partial charge < -0.3 is 9.47 Å². The number of rotatable bonds is 5. The molecule has 0 heterocycles. The highest BCUT2D eigenvalue weighted by Crippen LogP contribution is 2.22. The first-order valence-electron chi connectivity index (χ1n) is 6.37. The van der Waals surface area contributed by atoms with E-state index >= 15 is 0 Å². The van der Waals surface area contributed by atoms with E-state index in [1.807, 2.05) is 12.1 Å². The van der Waals surface area contributed by atoms with Crippen LogP contribution >= 0.6 is 0 Å². The molecule has 114 valence electrons. The van der Waals surface area contributed by atoms with E-state index in [1.54, 1.807) is 19.2 Å². The summed E-state index contributed by atoms with van der Waals surface area (Å²) < 4.78 is 36.6. The molecule has 0 spiro atoms. The molecule has 0 N–H and O–H groups in total. The fraction of sp³-hybridized carbons (Fsp3) is 0.125. The van der Waals surface area contributed by atoms with Crippen LogP contribution in [-0.2, 0) is 0 Å². The third-order valence-electron chi connectivity index (χ3n) is 2.82. The highest BCUT2D eigenvalue weighted by atomic mass is 19.1. The van der Waals surface area contributed by atoms with Crippen molar-refractivity contribution in [1.29, 1.82) is 0 Å². The van der Waals surface area contributed by atoms with Gasteiger partial charge in [0.15, 0.2) is 17.4 Å². The van der Waals surface area contributed by atoms with Crippen molar-refractivity contribution < 1.29 is 18.3 Å². The molecule has 0 radical (unpaired) electrons. The molecule has 0 saturated carbocycles. The van der Waals surface area contributed by atoms with E-state index in [-0.39, 0.29) is 5.56 Å². The van der Waals surface area contributed by atoms with E-state index in [0.717, 1.165) is 23.4 Å². The molecule has 0 atom stereocenters. The largest absolute Gasteiger partial charge is 0.497 e. The molecule has 0 fully saturated rings. The van der Waals surface area contributed by atoms with Gasteiger partial charge in [0, 0.05) is 5.56 Å². The van der Waals surface area contributed by atoms with Gasteiger partial charge >= 0.3 is 0 Å². The maximum absolute atomic E-state index is 13.5. The summed E-state index contributed by atoms with van der Waals surface area (Å²) in [5.41, 5.74) is 1.08. The Labute approximate surface area is 126 Å². The molecular formula is C16H14F2N2O2. The van der Waals surface area contributed by atoms with E-state index < -0.39 is 17.4 Å². The minimum atomic E-state index is -0.789. The number of hydrogen-bond acceptors (Lipinski definition) is 4. The van der Waals surface area contributed by atoms with Crippen LogP contribution in [0.2, 0.25) is 0 Å². The first-order valence-corrected chi connectivity index (χ1v) is 6.37. The van der Waals surface area contributed by atoms with Crippen LogP contribution in [0.4, 0.5) is 8.78 Å². The fourth-order valence-corrected chi connectivity index (χ4v) is 1.74. The molecule has 6 heteroatoms. The predicted octanol–water partition coefficient (Wildman–Crippen LogP) is 3.44. The summed E-state index contributed by atoms with van der Waals surface area (Å²) in [5.74, 6) is -1.25. The molecule has 0 aromatic heterocycles. The third kappa shape index (κ3) is 3.88. The molecule has 2 aromatic rings. The number of hydrogen-bond donors (Lipinski definition) is 0. The topological polar surface area (TPSA) is 43.2 Å². The molecule has 0 bridgehead atoms. The Bertz CT molecular complexity index is 675. The molecular weight excluding hydrogens is 290 g/mol. The third-order valence-corrected chi connectivity index (χ3v) is 2.82. The van der Waals surface area contributed by atoms with Gasteiger partial charge in [-0.3, -0.25) is 0 Å². The van der Waals surface area contributed by atoms with Gasteiger partial charge in [-0.1, -0.05) is 0 Å². The Hall–Kier alpha value is -2.76. The van der Waals surface area contributed by atoms with Crippen molar-refractivity contribution in [2.45, 2.75) is 0 Å². The van der Waals surface area contributed by atoms with Crippen molar-refractivity contribution in [3.63, 3.8) is 0 Å². The lowest BCUT2D eigenvalue weighted by Crippen LogP contribution is -1.95. The number of ether oxygens (including phenoxy) is 2. The monoisotopic (exact) mass is 304 g/mol. The van der Waals surface area contributed by atoms with Crippen LogP contribution in [0.1, 0.15) is 11.1 Å². The van der Waals surface area contributed by atoms with E-state index in [4.69, 9.17) is 4.74 Å². The average molecular weight is 304 g/mol. The second-order valence-electron chi connectivity index (χ2n) is 4.28. The zero-order valence-corrected chi connectivity index (χ0v) is 12.1. The van der Waals surface area contributed by atoms with Crippen LogP contribution < -0.4 is 9.47 Å². The normalized spacial score (nSPS) is 11.3. The second-order valence-corrected chi connectivity index (χ2v) is 4.28.